The van der Waals surface area contributed by atoms with E-state index in [0.717, 1.165) is 0 Å². The molecule has 5 N–H and O–H groups in total. The van der Waals surface area contributed by atoms with Gasteiger partial charge in [-0.1, -0.05) is 0 Å². The highest BCUT2D eigenvalue weighted by molar-refractivity contribution is 5.90. The number of amides is 2. The van der Waals surface area contributed by atoms with Gasteiger partial charge in [0.05, 0.1) is 6.10 Å². The van der Waals surface area contributed by atoms with Gasteiger partial charge in [0.2, 0.25) is 11.8 Å². The molecule has 6 heteroatoms. The van der Waals surface area contributed by atoms with Crippen molar-refractivity contribution in [3.05, 3.63) is 0 Å². The molecule has 1 rings (SSSR count). The molecule has 0 aromatic heterocycles. The Bertz CT molecular complexity index is 255. The second-order valence-corrected chi connectivity index (χ2v) is 3.81. The topological polar surface area (TPSA) is 104 Å². The average molecular weight is 215 g/mol. The third-order valence-corrected chi connectivity index (χ3v) is 2.44. The van der Waals surface area contributed by atoms with Crippen LogP contribution in [-0.2, 0) is 9.59 Å². The Morgan fingerprint density at radius 3 is 2.93 bits per heavy atom. The first-order chi connectivity index (χ1) is 7.00. The van der Waals surface area contributed by atoms with Crippen molar-refractivity contribution < 1.29 is 14.7 Å². The van der Waals surface area contributed by atoms with E-state index in [0.29, 0.717) is 12.8 Å². The monoisotopic (exact) mass is 215 g/mol. The minimum absolute atomic E-state index is 0.102. The lowest BCUT2D eigenvalue weighted by Gasteiger charge is -2.17. The highest BCUT2D eigenvalue weighted by atomic mass is 16.3. The fourth-order valence-electron chi connectivity index (χ4n) is 1.32. The van der Waals surface area contributed by atoms with Gasteiger partial charge in [-0.25, -0.2) is 0 Å². The summed E-state index contributed by atoms with van der Waals surface area (Å²) in [6, 6.07) is -0.926. The molecule has 0 radical (unpaired) electrons. The van der Waals surface area contributed by atoms with Crippen molar-refractivity contribution in [1.82, 2.24) is 10.6 Å². The summed E-state index contributed by atoms with van der Waals surface area (Å²) in [7, 11) is 0. The van der Waals surface area contributed by atoms with Crippen molar-refractivity contribution in [2.24, 2.45) is 5.73 Å². The minimum atomic E-state index is -0.663. The molecule has 86 valence electrons. The summed E-state index contributed by atoms with van der Waals surface area (Å²) < 4.78 is 0. The molecule has 2 amide bonds. The van der Waals surface area contributed by atoms with E-state index in [1.165, 1.54) is 0 Å². The Hall–Kier alpha value is -1.14. The maximum atomic E-state index is 11.5. The number of carbonyl (C=O) groups is 2. The summed E-state index contributed by atoms with van der Waals surface area (Å²) in [5.74, 6) is -0.341. The van der Waals surface area contributed by atoms with Gasteiger partial charge in [-0.2, -0.15) is 0 Å². The lowest BCUT2D eigenvalue weighted by atomic mass is 10.2. The van der Waals surface area contributed by atoms with Gasteiger partial charge < -0.3 is 21.5 Å². The summed E-state index contributed by atoms with van der Waals surface area (Å²) in [4.78, 5) is 22.3. The predicted molar refractivity (Wildman–Crippen MR) is 53.8 cm³/mol. The fourth-order valence-corrected chi connectivity index (χ4v) is 1.32. The molecule has 6 nitrogen and oxygen atoms in total. The van der Waals surface area contributed by atoms with Crippen molar-refractivity contribution in [2.75, 3.05) is 6.54 Å². The Morgan fingerprint density at radius 1 is 1.80 bits per heavy atom. The number of aliphatic hydroxyl groups is 1. The zero-order valence-corrected chi connectivity index (χ0v) is 8.69. The molecular weight excluding hydrogens is 198 g/mol. The molecule has 1 aliphatic rings. The number of hydrogen-bond donors (Lipinski definition) is 4. The van der Waals surface area contributed by atoms with E-state index < -0.39 is 18.2 Å². The Balaban J connectivity index is 2.27. The molecule has 1 fully saturated rings. The first-order valence-electron chi connectivity index (χ1n) is 5.01. The quantitative estimate of drug-likeness (QED) is 0.439. The number of nitrogens with two attached hydrogens (primary N) is 1. The lowest BCUT2D eigenvalue weighted by molar-refractivity contribution is -0.125. The van der Waals surface area contributed by atoms with Gasteiger partial charge in [0.25, 0.3) is 0 Å². The van der Waals surface area contributed by atoms with Gasteiger partial charge in [-0.3, -0.25) is 9.59 Å². The van der Waals surface area contributed by atoms with E-state index in [1.54, 1.807) is 6.92 Å². The van der Waals surface area contributed by atoms with E-state index in [-0.39, 0.29) is 18.4 Å². The van der Waals surface area contributed by atoms with E-state index in [4.69, 9.17) is 10.8 Å². The van der Waals surface area contributed by atoms with Crippen LogP contribution in [0.25, 0.3) is 0 Å². The number of aliphatic hydroxyl groups excluding tert-OH is 1. The van der Waals surface area contributed by atoms with E-state index in [1.807, 2.05) is 0 Å². The van der Waals surface area contributed by atoms with Gasteiger partial charge in [0.15, 0.2) is 0 Å². The van der Waals surface area contributed by atoms with Crippen LogP contribution in [0.5, 0.6) is 0 Å². The number of hydrogen-bond acceptors (Lipinski definition) is 4. The van der Waals surface area contributed by atoms with E-state index in [9.17, 15) is 9.59 Å². The summed E-state index contributed by atoms with van der Waals surface area (Å²) >= 11 is 0. The molecule has 0 aromatic carbocycles. The van der Waals surface area contributed by atoms with Crippen molar-refractivity contribution >= 4 is 11.8 Å². The van der Waals surface area contributed by atoms with Crippen LogP contribution >= 0.6 is 0 Å². The molecule has 1 heterocycles. The summed E-state index contributed by atoms with van der Waals surface area (Å²) in [6.45, 7) is 1.77. The van der Waals surface area contributed by atoms with Crippen molar-refractivity contribution in [2.45, 2.75) is 38.0 Å². The maximum Gasteiger partial charge on any atom is 0.242 e. The molecule has 0 bridgehead atoms. The summed E-state index contributed by atoms with van der Waals surface area (Å²) in [5.41, 5.74) is 5.54. The zero-order chi connectivity index (χ0) is 11.4. The second kappa shape index (κ2) is 5.09. The molecule has 15 heavy (non-hydrogen) atoms. The maximum absolute atomic E-state index is 11.5. The van der Waals surface area contributed by atoms with Crippen LogP contribution in [-0.4, -0.2) is 41.7 Å². The number of nitrogens with one attached hydrogen (secondary N) is 2. The SMILES string of the molecule is CC(O)C(N)CNC(=O)C1CCC(=O)N1. The zero-order valence-electron chi connectivity index (χ0n) is 8.69. The van der Waals surface area contributed by atoms with Crippen LogP contribution in [0.1, 0.15) is 19.8 Å². The van der Waals surface area contributed by atoms with Crippen LogP contribution < -0.4 is 16.4 Å². The molecule has 3 atom stereocenters. The van der Waals surface area contributed by atoms with E-state index >= 15 is 0 Å². The first kappa shape index (κ1) is 11.9. The van der Waals surface area contributed by atoms with Gasteiger partial charge in [-0.05, 0) is 13.3 Å². The Kier molecular flexibility index (Phi) is 4.05. The Labute approximate surface area is 88.2 Å². The minimum Gasteiger partial charge on any atom is -0.392 e. The second-order valence-electron chi connectivity index (χ2n) is 3.81. The standard InChI is InChI=1S/C9H17N3O3/c1-5(13)6(10)4-11-9(15)7-2-3-8(14)12-7/h5-7,13H,2-4,10H2,1H3,(H,11,15)(H,12,14). The van der Waals surface area contributed by atoms with Gasteiger partial charge >= 0.3 is 0 Å². The number of rotatable bonds is 4. The predicted octanol–water partition coefficient (Wildman–Crippen LogP) is -1.91. The van der Waals surface area contributed by atoms with Crippen molar-refractivity contribution in [1.29, 1.82) is 0 Å². The fraction of sp³-hybridized carbons (Fsp3) is 0.778. The first-order valence-corrected chi connectivity index (χ1v) is 5.01. The normalized spacial score (nSPS) is 24.5. The van der Waals surface area contributed by atoms with Crippen LogP contribution in [0, 0.1) is 0 Å². The van der Waals surface area contributed by atoms with Crippen molar-refractivity contribution in [3.63, 3.8) is 0 Å². The molecule has 3 unspecified atom stereocenters. The molecule has 0 aromatic rings. The largest absolute Gasteiger partial charge is 0.392 e. The molecule has 0 spiro atoms. The van der Waals surface area contributed by atoms with E-state index in [2.05, 4.69) is 10.6 Å². The summed E-state index contributed by atoms with van der Waals surface area (Å²) in [5, 5.41) is 14.2. The van der Waals surface area contributed by atoms with Crippen LogP contribution in [0.3, 0.4) is 0 Å². The van der Waals surface area contributed by atoms with Gasteiger partial charge in [0.1, 0.15) is 6.04 Å². The van der Waals surface area contributed by atoms with Crippen molar-refractivity contribution in [3.8, 4) is 0 Å². The molecule has 0 saturated carbocycles. The van der Waals surface area contributed by atoms with Gasteiger partial charge in [-0.15, -0.1) is 0 Å². The molecular formula is C9H17N3O3. The third-order valence-electron chi connectivity index (χ3n) is 2.44. The third kappa shape index (κ3) is 3.49. The van der Waals surface area contributed by atoms with Crippen LogP contribution in [0.15, 0.2) is 0 Å². The van der Waals surface area contributed by atoms with Crippen LogP contribution in [0.2, 0.25) is 0 Å². The average Bonchev–Trinajstić information content (AvgIpc) is 2.60. The Morgan fingerprint density at radius 2 is 2.47 bits per heavy atom. The summed E-state index contributed by atoms with van der Waals surface area (Å²) in [6.07, 6.45) is 0.248. The van der Waals surface area contributed by atoms with Gasteiger partial charge in [0, 0.05) is 19.0 Å². The highest BCUT2D eigenvalue weighted by Crippen LogP contribution is 2.05. The molecule has 0 aliphatic carbocycles. The molecule has 1 aliphatic heterocycles. The smallest absolute Gasteiger partial charge is 0.242 e. The van der Waals surface area contributed by atoms with Crippen LogP contribution in [0.4, 0.5) is 0 Å². The lowest BCUT2D eigenvalue weighted by Crippen LogP contribution is -2.48. The highest BCUT2D eigenvalue weighted by Gasteiger charge is 2.27. The number of carbonyl (C=O) groups excluding carboxylic acids is 2. The molecule has 1 saturated heterocycles.